The molecule has 28 heavy (non-hydrogen) atoms. The van der Waals surface area contributed by atoms with Gasteiger partial charge >= 0.3 is 0 Å². The maximum absolute atomic E-state index is 14.0. The number of anilines is 1. The Morgan fingerprint density at radius 3 is 2.39 bits per heavy atom. The van der Waals surface area contributed by atoms with Crippen LogP contribution in [0.25, 0.3) is 0 Å². The first-order valence-electron chi connectivity index (χ1n) is 10.2. The maximum atomic E-state index is 14.0. The number of rotatable bonds is 4. The predicted octanol–water partition coefficient (Wildman–Crippen LogP) is 3.79. The SMILES string of the molecule is COc1cccc(C2(O)CCC(N3CCN(c4ccccc4F)CC3)CC2)c1. The Balaban J connectivity index is 1.34. The third-order valence-electron chi connectivity index (χ3n) is 6.41. The summed E-state index contributed by atoms with van der Waals surface area (Å²) in [6.45, 7) is 3.57. The summed E-state index contributed by atoms with van der Waals surface area (Å²) in [5.41, 5.74) is 0.896. The van der Waals surface area contributed by atoms with E-state index in [1.165, 1.54) is 6.07 Å². The van der Waals surface area contributed by atoms with Gasteiger partial charge in [0.05, 0.1) is 18.4 Å². The summed E-state index contributed by atoms with van der Waals surface area (Å²) >= 11 is 0. The minimum Gasteiger partial charge on any atom is -0.497 e. The van der Waals surface area contributed by atoms with E-state index in [2.05, 4.69) is 9.80 Å². The fraction of sp³-hybridized carbons (Fsp3) is 0.478. The van der Waals surface area contributed by atoms with E-state index in [0.29, 0.717) is 11.7 Å². The largest absolute Gasteiger partial charge is 0.497 e. The van der Waals surface area contributed by atoms with Crippen LogP contribution in [0.15, 0.2) is 48.5 Å². The van der Waals surface area contributed by atoms with Crippen LogP contribution in [0.5, 0.6) is 5.75 Å². The molecular weight excluding hydrogens is 355 g/mol. The summed E-state index contributed by atoms with van der Waals surface area (Å²) in [5.74, 6) is 0.647. The summed E-state index contributed by atoms with van der Waals surface area (Å²) in [5, 5.41) is 11.2. The zero-order valence-corrected chi connectivity index (χ0v) is 16.5. The molecule has 1 aliphatic heterocycles. The number of para-hydroxylation sites is 1. The van der Waals surface area contributed by atoms with Gasteiger partial charge in [-0.15, -0.1) is 0 Å². The average Bonchev–Trinajstić information content (AvgIpc) is 2.75. The standard InChI is InChI=1S/C23H29FN2O2/c1-28-20-6-4-5-18(17-20)23(27)11-9-19(10-12-23)25-13-15-26(16-14-25)22-8-3-2-7-21(22)24/h2-8,17,19,27H,9-16H2,1H3. The minimum absolute atomic E-state index is 0.142. The van der Waals surface area contributed by atoms with Crippen molar-refractivity contribution in [3.8, 4) is 5.75 Å². The van der Waals surface area contributed by atoms with Crippen LogP contribution in [-0.2, 0) is 5.60 Å². The molecule has 1 heterocycles. The molecule has 0 spiro atoms. The van der Waals surface area contributed by atoms with Gasteiger partial charge in [-0.3, -0.25) is 4.90 Å². The van der Waals surface area contributed by atoms with Gasteiger partial charge in [-0.25, -0.2) is 4.39 Å². The lowest BCUT2D eigenvalue weighted by Gasteiger charge is -2.44. The highest BCUT2D eigenvalue weighted by Gasteiger charge is 2.37. The summed E-state index contributed by atoms with van der Waals surface area (Å²) < 4.78 is 19.3. The lowest BCUT2D eigenvalue weighted by atomic mass is 9.77. The molecule has 2 aromatic carbocycles. The molecule has 5 heteroatoms. The molecule has 2 aromatic rings. The molecule has 0 unspecified atom stereocenters. The number of nitrogens with zero attached hydrogens (tertiary/aromatic N) is 2. The number of ether oxygens (including phenoxy) is 1. The van der Waals surface area contributed by atoms with Crippen LogP contribution in [0, 0.1) is 5.82 Å². The molecule has 4 nitrogen and oxygen atoms in total. The van der Waals surface area contributed by atoms with E-state index in [1.807, 2.05) is 36.4 Å². The van der Waals surface area contributed by atoms with Gasteiger partial charge in [0.25, 0.3) is 0 Å². The quantitative estimate of drug-likeness (QED) is 0.870. The first-order valence-corrected chi connectivity index (χ1v) is 10.2. The van der Waals surface area contributed by atoms with Crippen LogP contribution < -0.4 is 9.64 Å². The molecule has 1 aliphatic carbocycles. The molecule has 1 N–H and O–H groups in total. The predicted molar refractivity (Wildman–Crippen MR) is 109 cm³/mol. The fourth-order valence-corrected chi connectivity index (χ4v) is 4.68. The van der Waals surface area contributed by atoms with E-state index in [9.17, 15) is 9.50 Å². The van der Waals surface area contributed by atoms with Crippen molar-refractivity contribution >= 4 is 5.69 Å². The lowest BCUT2D eigenvalue weighted by molar-refractivity contribution is -0.0259. The second-order valence-electron chi connectivity index (χ2n) is 7.97. The van der Waals surface area contributed by atoms with E-state index in [4.69, 9.17) is 4.74 Å². The monoisotopic (exact) mass is 384 g/mol. The van der Waals surface area contributed by atoms with Crippen LogP contribution in [0.2, 0.25) is 0 Å². The normalized spacial score (nSPS) is 26.2. The molecule has 0 aromatic heterocycles. The topological polar surface area (TPSA) is 35.9 Å². The van der Waals surface area contributed by atoms with Crippen LogP contribution in [0.4, 0.5) is 10.1 Å². The van der Waals surface area contributed by atoms with Crippen LogP contribution in [-0.4, -0.2) is 49.3 Å². The van der Waals surface area contributed by atoms with Crippen molar-refractivity contribution < 1.29 is 14.2 Å². The number of benzene rings is 2. The van der Waals surface area contributed by atoms with Gasteiger partial charge in [0.2, 0.25) is 0 Å². The Kier molecular flexibility index (Phi) is 5.56. The summed E-state index contributed by atoms with van der Waals surface area (Å²) in [6.07, 6.45) is 3.48. The Bertz CT molecular complexity index is 797. The van der Waals surface area contributed by atoms with Crippen molar-refractivity contribution in [2.24, 2.45) is 0 Å². The Labute approximate surface area is 166 Å². The molecule has 2 aliphatic rings. The summed E-state index contributed by atoms with van der Waals surface area (Å²) in [4.78, 5) is 4.66. The first kappa shape index (κ1) is 19.2. The van der Waals surface area contributed by atoms with E-state index in [-0.39, 0.29) is 5.82 Å². The van der Waals surface area contributed by atoms with Crippen molar-refractivity contribution in [3.63, 3.8) is 0 Å². The molecule has 1 saturated heterocycles. The molecule has 150 valence electrons. The number of hydrogen-bond donors (Lipinski definition) is 1. The van der Waals surface area contributed by atoms with Gasteiger partial charge in [0.1, 0.15) is 11.6 Å². The molecule has 2 fully saturated rings. The average molecular weight is 384 g/mol. The highest BCUT2D eigenvalue weighted by molar-refractivity contribution is 5.48. The number of halogens is 1. The van der Waals surface area contributed by atoms with Crippen molar-refractivity contribution in [2.75, 3.05) is 38.2 Å². The molecule has 0 radical (unpaired) electrons. The van der Waals surface area contributed by atoms with Gasteiger partial charge in [-0.2, -0.15) is 0 Å². The van der Waals surface area contributed by atoms with Gasteiger partial charge in [0, 0.05) is 32.2 Å². The van der Waals surface area contributed by atoms with Gasteiger partial charge in [0.15, 0.2) is 0 Å². The lowest BCUT2D eigenvalue weighted by Crippen LogP contribution is -2.52. The Morgan fingerprint density at radius 2 is 1.71 bits per heavy atom. The van der Waals surface area contributed by atoms with Crippen LogP contribution >= 0.6 is 0 Å². The molecule has 1 saturated carbocycles. The van der Waals surface area contributed by atoms with E-state index in [0.717, 1.165) is 63.2 Å². The zero-order chi connectivity index (χ0) is 19.6. The molecular formula is C23H29FN2O2. The summed E-state index contributed by atoms with van der Waals surface area (Å²) in [7, 11) is 1.65. The van der Waals surface area contributed by atoms with Gasteiger partial charge < -0.3 is 14.7 Å². The second-order valence-corrected chi connectivity index (χ2v) is 7.97. The van der Waals surface area contributed by atoms with E-state index in [1.54, 1.807) is 13.2 Å². The molecule has 0 amide bonds. The number of aliphatic hydroxyl groups is 1. The van der Waals surface area contributed by atoms with E-state index >= 15 is 0 Å². The zero-order valence-electron chi connectivity index (χ0n) is 16.5. The maximum Gasteiger partial charge on any atom is 0.146 e. The van der Waals surface area contributed by atoms with Crippen molar-refractivity contribution in [1.82, 2.24) is 4.90 Å². The number of piperazine rings is 1. The highest BCUT2D eigenvalue weighted by atomic mass is 19.1. The number of hydrogen-bond acceptors (Lipinski definition) is 4. The van der Waals surface area contributed by atoms with Crippen molar-refractivity contribution in [2.45, 2.75) is 37.3 Å². The van der Waals surface area contributed by atoms with Crippen LogP contribution in [0.3, 0.4) is 0 Å². The molecule has 0 bridgehead atoms. The smallest absolute Gasteiger partial charge is 0.146 e. The Hall–Kier alpha value is -2.11. The van der Waals surface area contributed by atoms with Crippen molar-refractivity contribution in [1.29, 1.82) is 0 Å². The second kappa shape index (κ2) is 8.10. The minimum atomic E-state index is -0.764. The third-order valence-corrected chi connectivity index (χ3v) is 6.41. The van der Waals surface area contributed by atoms with Gasteiger partial charge in [-0.05, 0) is 55.5 Å². The van der Waals surface area contributed by atoms with E-state index < -0.39 is 5.60 Å². The van der Waals surface area contributed by atoms with Crippen LogP contribution in [0.1, 0.15) is 31.2 Å². The fourth-order valence-electron chi connectivity index (χ4n) is 4.68. The Morgan fingerprint density at radius 1 is 1.00 bits per heavy atom. The van der Waals surface area contributed by atoms with Crippen molar-refractivity contribution in [3.05, 3.63) is 59.9 Å². The summed E-state index contributed by atoms with van der Waals surface area (Å²) in [6, 6.07) is 15.3. The number of methoxy groups -OCH3 is 1. The third kappa shape index (κ3) is 3.87. The highest BCUT2D eigenvalue weighted by Crippen LogP contribution is 2.39. The van der Waals surface area contributed by atoms with Gasteiger partial charge in [-0.1, -0.05) is 24.3 Å². The molecule has 4 rings (SSSR count). The molecule has 0 atom stereocenters. The first-order chi connectivity index (χ1) is 13.6.